The van der Waals surface area contributed by atoms with Crippen LogP contribution in [0.1, 0.15) is 31.5 Å². The van der Waals surface area contributed by atoms with E-state index in [9.17, 15) is 0 Å². The van der Waals surface area contributed by atoms with Crippen LogP contribution in [-0.2, 0) is 6.42 Å². The third-order valence-corrected chi connectivity index (χ3v) is 2.22. The average Bonchev–Trinajstić information content (AvgIpc) is 2.73. The molecule has 1 saturated carbocycles. The minimum atomic E-state index is 0.235. The molecule has 1 atom stereocenters. The van der Waals surface area contributed by atoms with Crippen molar-refractivity contribution in [2.24, 2.45) is 5.73 Å². The quantitative estimate of drug-likeness (QED) is 0.729. The van der Waals surface area contributed by atoms with Crippen molar-refractivity contribution < 1.29 is 0 Å². The van der Waals surface area contributed by atoms with E-state index in [0.717, 1.165) is 12.5 Å². The third kappa shape index (κ3) is 1.50. The highest BCUT2D eigenvalue weighted by Crippen LogP contribution is 2.35. The van der Waals surface area contributed by atoms with Crippen LogP contribution in [0.4, 0.5) is 0 Å². The Hall–Kier alpha value is -0.830. The van der Waals surface area contributed by atoms with Gasteiger partial charge < -0.3 is 10.3 Å². The molecule has 1 heterocycles. The molecule has 2 rings (SSSR count). The van der Waals surface area contributed by atoms with Crippen LogP contribution < -0.4 is 5.73 Å². The predicted molar refractivity (Wildman–Crippen MR) is 47.9 cm³/mol. The first-order chi connectivity index (χ1) is 5.77. The molecule has 1 fully saturated rings. The number of hydrogen-bond donors (Lipinski definition) is 1. The molecule has 0 aliphatic heterocycles. The molecule has 1 unspecified atom stereocenters. The Labute approximate surface area is 72.6 Å². The monoisotopic (exact) mass is 165 g/mol. The molecule has 0 radical (unpaired) electrons. The molecule has 3 nitrogen and oxygen atoms in total. The Kier molecular flexibility index (Phi) is 1.89. The minimum Gasteiger partial charge on any atom is -0.331 e. The lowest BCUT2D eigenvalue weighted by Crippen LogP contribution is -2.19. The third-order valence-electron chi connectivity index (χ3n) is 2.22. The highest BCUT2D eigenvalue weighted by Gasteiger charge is 2.25. The lowest BCUT2D eigenvalue weighted by molar-refractivity contribution is 0.643. The van der Waals surface area contributed by atoms with Crippen LogP contribution in [0.15, 0.2) is 12.5 Å². The Morgan fingerprint density at radius 2 is 2.50 bits per heavy atom. The van der Waals surface area contributed by atoms with Crippen LogP contribution >= 0.6 is 0 Å². The summed E-state index contributed by atoms with van der Waals surface area (Å²) in [5, 5.41) is 0. The zero-order valence-electron chi connectivity index (χ0n) is 7.40. The summed E-state index contributed by atoms with van der Waals surface area (Å²) in [6.45, 7) is 2.03. The number of rotatable bonds is 3. The fourth-order valence-electron chi connectivity index (χ4n) is 1.50. The summed E-state index contributed by atoms with van der Waals surface area (Å²) < 4.78 is 2.27. The van der Waals surface area contributed by atoms with Gasteiger partial charge in [0.15, 0.2) is 0 Å². The fourth-order valence-corrected chi connectivity index (χ4v) is 1.50. The molecule has 3 heteroatoms. The van der Waals surface area contributed by atoms with Gasteiger partial charge in [-0.05, 0) is 19.8 Å². The van der Waals surface area contributed by atoms with E-state index in [4.69, 9.17) is 5.73 Å². The van der Waals surface area contributed by atoms with E-state index < -0.39 is 0 Å². The molecule has 1 aromatic rings. The van der Waals surface area contributed by atoms with Crippen molar-refractivity contribution in [3.63, 3.8) is 0 Å². The summed E-state index contributed by atoms with van der Waals surface area (Å²) >= 11 is 0. The van der Waals surface area contributed by atoms with Crippen molar-refractivity contribution in [1.82, 2.24) is 9.55 Å². The van der Waals surface area contributed by atoms with Crippen LogP contribution in [0.25, 0.3) is 0 Å². The van der Waals surface area contributed by atoms with Gasteiger partial charge in [0.25, 0.3) is 0 Å². The van der Waals surface area contributed by atoms with Crippen LogP contribution in [0.5, 0.6) is 0 Å². The van der Waals surface area contributed by atoms with Gasteiger partial charge in [0.2, 0.25) is 0 Å². The van der Waals surface area contributed by atoms with Crippen molar-refractivity contribution >= 4 is 0 Å². The zero-order chi connectivity index (χ0) is 8.55. The van der Waals surface area contributed by atoms with Gasteiger partial charge in [-0.2, -0.15) is 0 Å². The molecule has 0 saturated heterocycles. The SMILES string of the molecule is CC(N)Cc1cncn1C1CC1. The van der Waals surface area contributed by atoms with E-state index in [1.807, 2.05) is 19.4 Å². The Balaban J connectivity index is 2.13. The molecule has 0 aromatic carbocycles. The maximum absolute atomic E-state index is 5.73. The lowest BCUT2D eigenvalue weighted by atomic mass is 10.2. The fraction of sp³-hybridized carbons (Fsp3) is 0.667. The summed E-state index contributed by atoms with van der Waals surface area (Å²) in [6, 6.07) is 0.959. The van der Waals surface area contributed by atoms with Crippen molar-refractivity contribution in [3.8, 4) is 0 Å². The number of aromatic nitrogens is 2. The summed E-state index contributed by atoms with van der Waals surface area (Å²) in [7, 11) is 0. The molecular formula is C9H15N3. The lowest BCUT2D eigenvalue weighted by Gasteiger charge is -2.07. The summed E-state index contributed by atoms with van der Waals surface area (Å²) in [6.07, 6.45) is 7.41. The average molecular weight is 165 g/mol. The van der Waals surface area contributed by atoms with E-state index in [1.165, 1.54) is 18.5 Å². The van der Waals surface area contributed by atoms with Gasteiger partial charge in [-0.25, -0.2) is 4.98 Å². The highest BCUT2D eigenvalue weighted by molar-refractivity contribution is 5.04. The molecule has 66 valence electrons. The maximum Gasteiger partial charge on any atom is 0.0950 e. The van der Waals surface area contributed by atoms with Gasteiger partial charge in [-0.1, -0.05) is 0 Å². The Bertz CT molecular complexity index is 260. The van der Waals surface area contributed by atoms with Gasteiger partial charge in [0.05, 0.1) is 6.33 Å². The number of hydrogen-bond acceptors (Lipinski definition) is 2. The van der Waals surface area contributed by atoms with Gasteiger partial charge >= 0.3 is 0 Å². The van der Waals surface area contributed by atoms with Gasteiger partial charge in [0, 0.05) is 30.4 Å². The Morgan fingerprint density at radius 1 is 1.75 bits per heavy atom. The van der Waals surface area contributed by atoms with Gasteiger partial charge in [-0.15, -0.1) is 0 Å². The van der Waals surface area contributed by atoms with E-state index >= 15 is 0 Å². The highest BCUT2D eigenvalue weighted by atomic mass is 15.1. The van der Waals surface area contributed by atoms with Crippen molar-refractivity contribution in [2.45, 2.75) is 38.3 Å². The second-order valence-electron chi connectivity index (χ2n) is 3.70. The molecule has 12 heavy (non-hydrogen) atoms. The topological polar surface area (TPSA) is 43.8 Å². The summed E-state index contributed by atoms with van der Waals surface area (Å²) in [5.74, 6) is 0. The van der Waals surface area contributed by atoms with Gasteiger partial charge in [-0.3, -0.25) is 0 Å². The second-order valence-corrected chi connectivity index (χ2v) is 3.70. The molecule has 1 aliphatic carbocycles. The Morgan fingerprint density at radius 3 is 3.08 bits per heavy atom. The van der Waals surface area contributed by atoms with E-state index in [0.29, 0.717) is 0 Å². The molecule has 0 bridgehead atoms. The number of nitrogens with two attached hydrogens (primary N) is 1. The van der Waals surface area contributed by atoms with Crippen LogP contribution in [0.2, 0.25) is 0 Å². The zero-order valence-corrected chi connectivity index (χ0v) is 7.40. The van der Waals surface area contributed by atoms with E-state index in [-0.39, 0.29) is 6.04 Å². The first kappa shape index (κ1) is 7.80. The molecule has 2 N–H and O–H groups in total. The number of nitrogens with zero attached hydrogens (tertiary/aromatic N) is 2. The van der Waals surface area contributed by atoms with E-state index in [1.54, 1.807) is 0 Å². The largest absolute Gasteiger partial charge is 0.331 e. The van der Waals surface area contributed by atoms with Crippen LogP contribution in [0, 0.1) is 0 Å². The maximum atomic E-state index is 5.73. The van der Waals surface area contributed by atoms with Crippen molar-refractivity contribution in [3.05, 3.63) is 18.2 Å². The smallest absolute Gasteiger partial charge is 0.0950 e. The predicted octanol–water partition coefficient (Wildman–Crippen LogP) is 1.11. The summed E-state index contributed by atoms with van der Waals surface area (Å²) in [4.78, 5) is 4.14. The molecular weight excluding hydrogens is 150 g/mol. The van der Waals surface area contributed by atoms with Crippen molar-refractivity contribution in [1.29, 1.82) is 0 Å². The number of imidazole rings is 1. The first-order valence-corrected chi connectivity index (χ1v) is 4.53. The normalized spacial score (nSPS) is 19.5. The van der Waals surface area contributed by atoms with Crippen LogP contribution in [0.3, 0.4) is 0 Å². The van der Waals surface area contributed by atoms with E-state index in [2.05, 4.69) is 9.55 Å². The first-order valence-electron chi connectivity index (χ1n) is 4.53. The molecule has 0 amide bonds. The van der Waals surface area contributed by atoms with Crippen LogP contribution in [-0.4, -0.2) is 15.6 Å². The molecule has 1 aliphatic rings. The van der Waals surface area contributed by atoms with Gasteiger partial charge in [0.1, 0.15) is 0 Å². The second kappa shape index (κ2) is 2.90. The molecule has 1 aromatic heterocycles. The standard InChI is InChI=1S/C9H15N3/c1-7(10)4-9-5-11-6-12(9)8-2-3-8/h5-8H,2-4,10H2,1H3. The van der Waals surface area contributed by atoms with Crippen molar-refractivity contribution in [2.75, 3.05) is 0 Å². The summed E-state index contributed by atoms with van der Waals surface area (Å²) in [5.41, 5.74) is 7.02. The minimum absolute atomic E-state index is 0.235. The molecule has 0 spiro atoms.